The molecule has 9 heterocycles. The number of oxazole rings is 3. The average molecular weight is 1550 g/mol. The minimum absolute atomic E-state index is 0.0853. The van der Waals surface area contributed by atoms with Crippen molar-refractivity contribution in [3.8, 4) is 68.3 Å². The van der Waals surface area contributed by atoms with Gasteiger partial charge in [-0.1, -0.05) is 18.2 Å². The van der Waals surface area contributed by atoms with Crippen molar-refractivity contribution >= 4 is 119 Å². The number of methoxy groups -OCH3 is 4. The summed E-state index contributed by atoms with van der Waals surface area (Å²) in [6.45, 7) is 7.22. The second-order valence-corrected chi connectivity index (χ2v) is 26.3. The number of benzene rings is 6. The van der Waals surface area contributed by atoms with Crippen LogP contribution < -0.4 is 65.6 Å². The molecule has 0 spiro atoms. The van der Waals surface area contributed by atoms with E-state index in [0.29, 0.717) is 177 Å². The van der Waals surface area contributed by atoms with Crippen LogP contribution in [0.25, 0.3) is 99.8 Å². The number of carbonyl (C=O) groups is 3. The Morgan fingerprint density at radius 2 is 0.798 bits per heavy atom. The van der Waals surface area contributed by atoms with Crippen LogP contribution in [0.3, 0.4) is 0 Å². The quantitative estimate of drug-likeness (QED) is 0.0237. The molecule has 6 aromatic carbocycles. The number of aryl methyl sites for hydroxylation is 3. The summed E-state index contributed by atoms with van der Waals surface area (Å²) in [5.41, 5.74) is 14.8. The molecule has 16 rings (SSSR count). The minimum Gasteiger partial charge on any atom is -0.495 e. The maximum Gasteiger partial charge on any atom is 0.251 e. The Morgan fingerprint density at radius 3 is 1.15 bits per heavy atom. The highest BCUT2D eigenvalue weighted by Gasteiger charge is 2.27. The van der Waals surface area contributed by atoms with Gasteiger partial charge in [-0.25, -0.2) is 15.0 Å². The molecule has 11 N–H and O–H groups in total. The van der Waals surface area contributed by atoms with Gasteiger partial charge in [-0.2, -0.15) is 29.9 Å². The number of hydrogen-bond donors (Lipinski definition) is 11. The van der Waals surface area contributed by atoms with E-state index in [1.807, 2.05) is 101 Å². The third-order valence-electron chi connectivity index (χ3n) is 18.8. The van der Waals surface area contributed by atoms with Gasteiger partial charge in [-0.3, -0.25) is 14.4 Å². The second-order valence-electron chi connectivity index (χ2n) is 26.3. The SMILES string of the molecule is CNC(=O)c1ccc(Nc2nc(OC3CCC(O)CC3)c3c(-c4ccc5nc(C)oc5c4)c[nH]c3n2)c(OC)c1.CNC(=O)c1ccc(Nc2nc(OCCOC)c3c(-c4ccc5nc(C)oc5c4)c[nH]c3n2)c(OC)c1.CNCCOc1nc(Nc2ccc(C(=O)NC)cc2OC)nc2[nH]cc(-c3ccc4nc(C)oc4c3)c12. The smallest absolute Gasteiger partial charge is 0.251 e. The first-order valence-electron chi connectivity index (χ1n) is 36.5. The number of aromatic nitrogens is 12. The molecular formula is C81H83N19O14. The number of aliphatic hydroxyl groups is 1. The Kier molecular flexibility index (Phi) is 23.0. The molecule has 0 unspecified atom stereocenters. The Labute approximate surface area is 651 Å². The van der Waals surface area contributed by atoms with Crippen molar-refractivity contribution in [1.29, 1.82) is 0 Å². The summed E-state index contributed by atoms with van der Waals surface area (Å²) < 4.78 is 57.4. The number of nitrogens with zero attached hydrogens (tertiary/aromatic N) is 9. The number of amides is 3. The maximum absolute atomic E-state index is 12.1. The summed E-state index contributed by atoms with van der Waals surface area (Å²) in [5.74, 6) is 4.75. The number of carbonyl (C=O) groups excluding carboxylic acids is 3. The largest absolute Gasteiger partial charge is 0.495 e. The van der Waals surface area contributed by atoms with Crippen LogP contribution in [0.1, 0.15) is 74.4 Å². The standard InChI is InChI=1S/C29H30N6O5.C26H27N7O4.C26H26N6O5/c1-15-32-22-10-4-16(12-24(22)39-15)20-14-31-26-25(20)28(40-19-8-6-18(36)7-9-19)35-29(34-26)33-21-11-5-17(27(37)30-2)13-23(21)38-3;1-14-30-19-7-5-15(11-21(19)37-14)17-13-29-23-22(17)25(36-10-9-27-2)33-26(32-23)31-18-8-6-16(24(34)28-3)12-20(18)35-4;1-14-29-19-7-5-15(11-21(19)37-14)17-13-28-23-22(17)25(36-10-9-34-3)32-26(31-23)30-18-8-6-16(24(33)27-2)12-20(18)35-4/h4-5,10-14,18-19,36H,6-9H2,1-3H3,(H,30,37)(H2,31,33,34,35);5-8,11-13,27H,9-10H2,1-4H3,(H,28,34)(H2,29,31,32,33);5-8,11-13H,9-10H2,1-4H3,(H,27,33)(H2,28,30,31,32). The van der Waals surface area contributed by atoms with E-state index in [1.54, 1.807) is 82.9 Å². The van der Waals surface area contributed by atoms with Crippen LogP contribution in [0.5, 0.6) is 34.9 Å². The van der Waals surface area contributed by atoms with Gasteiger partial charge in [0, 0.05) is 108 Å². The summed E-state index contributed by atoms with van der Waals surface area (Å²) in [7, 11) is 12.8. The number of rotatable bonds is 25. The predicted molar refractivity (Wildman–Crippen MR) is 430 cm³/mol. The van der Waals surface area contributed by atoms with Crippen LogP contribution >= 0.6 is 0 Å². The van der Waals surface area contributed by atoms with Crippen molar-refractivity contribution < 1.29 is 65.9 Å². The van der Waals surface area contributed by atoms with E-state index in [0.717, 1.165) is 78.9 Å². The Hall–Kier alpha value is -13.9. The van der Waals surface area contributed by atoms with Gasteiger partial charge in [-0.05, 0) is 140 Å². The van der Waals surface area contributed by atoms with Gasteiger partial charge in [0.05, 0.1) is 67.3 Å². The van der Waals surface area contributed by atoms with Crippen LogP contribution in [0.2, 0.25) is 0 Å². The third-order valence-corrected chi connectivity index (χ3v) is 18.8. The van der Waals surface area contributed by atoms with Crippen molar-refractivity contribution in [1.82, 2.24) is 81.1 Å². The molecule has 33 nitrogen and oxygen atoms in total. The molecule has 1 aliphatic carbocycles. The molecule has 0 atom stereocenters. The fourth-order valence-electron chi connectivity index (χ4n) is 13.2. The molecule has 114 heavy (non-hydrogen) atoms. The molecule has 1 fully saturated rings. The van der Waals surface area contributed by atoms with Crippen LogP contribution in [0, 0.1) is 20.8 Å². The molecule has 1 aliphatic rings. The summed E-state index contributed by atoms with van der Waals surface area (Å²) in [5, 5.41) is 32.7. The van der Waals surface area contributed by atoms with Crippen LogP contribution in [0.4, 0.5) is 34.9 Å². The van der Waals surface area contributed by atoms with Gasteiger partial charge < -0.3 is 104 Å². The first-order valence-corrected chi connectivity index (χ1v) is 36.5. The third kappa shape index (κ3) is 16.7. The molecule has 0 saturated heterocycles. The van der Waals surface area contributed by atoms with Crippen molar-refractivity contribution in [2.45, 2.75) is 58.7 Å². The van der Waals surface area contributed by atoms with E-state index < -0.39 is 0 Å². The molecule has 15 aromatic rings. The molecule has 586 valence electrons. The van der Waals surface area contributed by atoms with Gasteiger partial charge in [-0.15, -0.1) is 0 Å². The lowest BCUT2D eigenvalue weighted by Gasteiger charge is -2.26. The van der Waals surface area contributed by atoms with E-state index in [1.165, 1.54) is 21.3 Å². The maximum atomic E-state index is 12.1. The van der Waals surface area contributed by atoms with Crippen LogP contribution in [-0.4, -0.2) is 178 Å². The molecule has 0 aliphatic heterocycles. The van der Waals surface area contributed by atoms with Crippen molar-refractivity contribution in [2.75, 3.05) is 98.9 Å². The van der Waals surface area contributed by atoms with E-state index in [2.05, 4.69) is 87.1 Å². The number of fused-ring (bicyclic) bond motifs is 6. The van der Waals surface area contributed by atoms with Gasteiger partial charge >= 0.3 is 0 Å². The fourth-order valence-corrected chi connectivity index (χ4v) is 13.2. The zero-order chi connectivity index (χ0) is 79.7. The normalized spacial score (nSPS) is 13.3. The Morgan fingerprint density at radius 1 is 0.439 bits per heavy atom. The van der Waals surface area contributed by atoms with E-state index in [4.69, 9.17) is 56.4 Å². The molecule has 3 amide bonds. The highest BCUT2D eigenvalue weighted by Crippen LogP contribution is 2.42. The molecule has 1 saturated carbocycles. The summed E-state index contributed by atoms with van der Waals surface area (Å²) in [4.78, 5) is 87.2. The van der Waals surface area contributed by atoms with Gasteiger partial charge in [0.15, 0.2) is 34.4 Å². The van der Waals surface area contributed by atoms with Crippen LogP contribution in [-0.2, 0) is 4.74 Å². The van der Waals surface area contributed by atoms with Gasteiger partial charge in [0.25, 0.3) is 17.7 Å². The van der Waals surface area contributed by atoms with E-state index in [9.17, 15) is 19.5 Å². The first-order chi connectivity index (χ1) is 55.4. The number of aliphatic hydroxyl groups excluding tert-OH is 1. The minimum atomic E-state index is -0.298. The molecular weight excluding hydrogens is 1460 g/mol. The molecule has 9 aromatic heterocycles. The van der Waals surface area contributed by atoms with Gasteiger partial charge in [0.2, 0.25) is 35.5 Å². The number of aromatic amines is 3. The highest BCUT2D eigenvalue weighted by atomic mass is 16.5. The monoisotopic (exact) mass is 1550 g/mol. The number of ether oxygens (including phenoxy) is 7. The second kappa shape index (κ2) is 34.1. The predicted octanol–water partition coefficient (Wildman–Crippen LogP) is 12.9. The topological polar surface area (TPSA) is 423 Å². The number of hydrogen-bond acceptors (Lipinski definition) is 27. The average Bonchev–Trinajstić information content (AvgIpc) is 1.61. The number of anilines is 6. The molecule has 0 radical (unpaired) electrons. The van der Waals surface area contributed by atoms with Crippen LogP contribution in [0.15, 0.2) is 141 Å². The Bertz CT molecular complexity index is 5800. The van der Waals surface area contributed by atoms with Crippen molar-refractivity contribution in [2.24, 2.45) is 0 Å². The summed E-state index contributed by atoms with van der Waals surface area (Å²) in [6.07, 6.45) is 8.04. The lowest BCUT2D eigenvalue weighted by atomic mass is 9.95. The number of likely N-dealkylation sites (N-methyl/N-ethyl adjacent to an activating group) is 1. The zero-order valence-electron chi connectivity index (χ0n) is 64.2. The highest BCUT2D eigenvalue weighted by molar-refractivity contribution is 6.03. The van der Waals surface area contributed by atoms with Crippen molar-refractivity contribution in [3.05, 3.63) is 162 Å². The molecule has 0 bridgehead atoms. The van der Waals surface area contributed by atoms with E-state index in [-0.39, 0.29) is 29.9 Å². The summed E-state index contributed by atoms with van der Waals surface area (Å²) in [6, 6.07) is 32.8. The lowest BCUT2D eigenvalue weighted by molar-refractivity contribution is 0.0652. The summed E-state index contributed by atoms with van der Waals surface area (Å²) >= 11 is 0. The zero-order valence-corrected chi connectivity index (χ0v) is 64.2. The first kappa shape index (κ1) is 76.8. The molecule has 33 heteroatoms. The lowest BCUT2D eigenvalue weighted by Crippen LogP contribution is -2.27. The van der Waals surface area contributed by atoms with E-state index >= 15 is 0 Å². The fraction of sp³-hybridized carbons (Fsp3) is 0.259. The number of H-pyrrole nitrogens is 3. The Balaban J connectivity index is 0.000000142. The van der Waals surface area contributed by atoms with Gasteiger partial charge in [0.1, 0.15) is 70.1 Å². The number of nitrogens with one attached hydrogen (secondary N) is 10. The van der Waals surface area contributed by atoms with Crippen molar-refractivity contribution in [3.63, 3.8) is 0 Å².